The first-order chi connectivity index (χ1) is 14.2. The summed E-state index contributed by atoms with van der Waals surface area (Å²) in [5, 5.41) is 9.06. The summed E-state index contributed by atoms with van der Waals surface area (Å²) in [4.78, 5) is 19.4. The van der Waals surface area contributed by atoms with E-state index in [1.165, 1.54) is 22.8 Å². The number of aryl methyl sites for hydroxylation is 2. The predicted octanol–water partition coefficient (Wildman–Crippen LogP) is 5.28. The molecule has 0 spiro atoms. The lowest BCUT2D eigenvalue weighted by atomic mass is 10.0. The fraction of sp³-hybridized carbons (Fsp3) is 0.125. The lowest BCUT2D eigenvalue weighted by molar-refractivity contribution is 0.0690. The molecule has 4 aromatic rings. The van der Waals surface area contributed by atoms with Gasteiger partial charge < -0.3 is 9.52 Å². The Balaban J connectivity index is 1.35. The average molecular weight is 384 g/mol. The van der Waals surface area contributed by atoms with Gasteiger partial charge in [-0.15, -0.1) is 0 Å². The summed E-state index contributed by atoms with van der Waals surface area (Å²) < 4.78 is 5.75. The zero-order valence-electron chi connectivity index (χ0n) is 15.8. The second-order valence-corrected chi connectivity index (χ2v) is 6.75. The van der Waals surface area contributed by atoms with Crippen LogP contribution in [-0.2, 0) is 12.8 Å². The lowest BCUT2D eigenvalue weighted by Gasteiger charge is -2.04. The van der Waals surface area contributed by atoms with Crippen LogP contribution in [0, 0.1) is 0 Å². The van der Waals surface area contributed by atoms with Crippen molar-refractivity contribution in [3.05, 3.63) is 96.1 Å². The highest BCUT2D eigenvalue weighted by Crippen LogP contribution is 2.21. The molecule has 2 aromatic heterocycles. The van der Waals surface area contributed by atoms with Gasteiger partial charge in [0.2, 0.25) is 0 Å². The van der Waals surface area contributed by atoms with Crippen LogP contribution in [0.15, 0.2) is 83.4 Å². The smallest absolute Gasteiger partial charge is 0.354 e. The van der Waals surface area contributed by atoms with Crippen LogP contribution in [-0.4, -0.2) is 21.0 Å². The topological polar surface area (TPSA) is 76.2 Å². The third-order valence-electron chi connectivity index (χ3n) is 4.69. The van der Waals surface area contributed by atoms with Crippen molar-refractivity contribution in [3.63, 3.8) is 0 Å². The molecule has 0 saturated carbocycles. The van der Waals surface area contributed by atoms with Crippen LogP contribution in [0.5, 0.6) is 0 Å². The van der Waals surface area contributed by atoms with E-state index in [0.29, 0.717) is 23.8 Å². The molecular formula is C24H20N2O3. The third kappa shape index (κ3) is 4.58. The van der Waals surface area contributed by atoms with E-state index in [9.17, 15) is 4.79 Å². The van der Waals surface area contributed by atoms with E-state index >= 15 is 0 Å². The molecule has 144 valence electrons. The number of hydrogen-bond donors (Lipinski definition) is 1. The van der Waals surface area contributed by atoms with E-state index in [0.717, 1.165) is 12.8 Å². The number of carboxylic acids is 1. The van der Waals surface area contributed by atoms with Crippen molar-refractivity contribution < 1.29 is 14.3 Å². The molecule has 0 aliphatic rings. The Bertz CT molecular complexity index is 1100. The molecule has 0 amide bonds. The minimum Gasteiger partial charge on any atom is -0.477 e. The molecule has 0 saturated heterocycles. The Labute approximate surface area is 168 Å². The molecule has 0 aliphatic heterocycles. The highest BCUT2D eigenvalue weighted by molar-refractivity contribution is 5.85. The lowest BCUT2D eigenvalue weighted by Crippen LogP contribution is -2.00. The molecule has 2 aromatic carbocycles. The van der Waals surface area contributed by atoms with Crippen LogP contribution < -0.4 is 0 Å². The summed E-state index contributed by atoms with van der Waals surface area (Å²) in [5.41, 5.74) is 4.15. The Morgan fingerprint density at radius 3 is 2.38 bits per heavy atom. The zero-order valence-corrected chi connectivity index (χ0v) is 15.8. The summed E-state index contributed by atoms with van der Waals surface area (Å²) in [5.74, 6) is 0.0450. The second kappa shape index (κ2) is 8.52. The van der Waals surface area contributed by atoms with Gasteiger partial charge in [-0.05, 0) is 41.7 Å². The highest BCUT2D eigenvalue weighted by Gasteiger charge is 2.11. The minimum atomic E-state index is -1.06. The summed E-state index contributed by atoms with van der Waals surface area (Å²) in [6.07, 6.45) is 4.14. The standard InChI is InChI=1S/C24H20N2O3/c27-24(28)21-10-5-9-20(26-21)22-16-25-23(29-22)11-4-6-17-12-14-19(15-13-17)18-7-2-1-3-8-18/h1-3,5,7-10,12-16H,4,6,11H2,(H,27,28). The molecule has 5 heteroatoms. The van der Waals surface area contributed by atoms with Crippen molar-refractivity contribution in [1.29, 1.82) is 0 Å². The molecule has 2 heterocycles. The van der Waals surface area contributed by atoms with Crippen molar-refractivity contribution in [2.75, 3.05) is 0 Å². The van der Waals surface area contributed by atoms with E-state index in [1.54, 1.807) is 18.3 Å². The van der Waals surface area contributed by atoms with Crippen LogP contribution in [0.2, 0.25) is 0 Å². The van der Waals surface area contributed by atoms with Crippen LogP contribution >= 0.6 is 0 Å². The predicted molar refractivity (Wildman–Crippen MR) is 111 cm³/mol. The number of aromatic carboxylic acids is 1. The summed E-state index contributed by atoms with van der Waals surface area (Å²) in [7, 11) is 0. The number of carbonyl (C=O) groups is 1. The van der Waals surface area contributed by atoms with Gasteiger partial charge in [0.15, 0.2) is 11.7 Å². The molecule has 1 N–H and O–H groups in total. The quantitative estimate of drug-likeness (QED) is 0.469. The van der Waals surface area contributed by atoms with Gasteiger partial charge in [-0.25, -0.2) is 14.8 Å². The fourth-order valence-electron chi connectivity index (χ4n) is 3.17. The largest absolute Gasteiger partial charge is 0.477 e. The fourth-order valence-corrected chi connectivity index (χ4v) is 3.17. The highest BCUT2D eigenvalue weighted by atomic mass is 16.4. The maximum absolute atomic E-state index is 11.1. The van der Waals surface area contributed by atoms with Crippen molar-refractivity contribution in [2.24, 2.45) is 0 Å². The number of rotatable bonds is 7. The number of carboxylic acid groups (broad SMARTS) is 1. The van der Waals surface area contributed by atoms with Gasteiger partial charge in [-0.1, -0.05) is 60.7 Å². The maximum Gasteiger partial charge on any atom is 0.354 e. The molecule has 29 heavy (non-hydrogen) atoms. The van der Waals surface area contributed by atoms with E-state index in [2.05, 4.69) is 46.4 Å². The van der Waals surface area contributed by atoms with Gasteiger partial charge in [-0.3, -0.25) is 0 Å². The van der Waals surface area contributed by atoms with Gasteiger partial charge in [0, 0.05) is 6.42 Å². The first-order valence-electron chi connectivity index (χ1n) is 9.49. The zero-order chi connectivity index (χ0) is 20.1. The second-order valence-electron chi connectivity index (χ2n) is 6.75. The van der Waals surface area contributed by atoms with E-state index in [1.807, 2.05) is 18.2 Å². The molecule has 4 rings (SSSR count). The first kappa shape index (κ1) is 18.6. The van der Waals surface area contributed by atoms with Gasteiger partial charge in [0.25, 0.3) is 0 Å². The molecule has 0 bridgehead atoms. The number of pyridine rings is 1. The van der Waals surface area contributed by atoms with E-state index < -0.39 is 5.97 Å². The third-order valence-corrected chi connectivity index (χ3v) is 4.69. The maximum atomic E-state index is 11.1. The minimum absolute atomic E-state index is 0.0144. The Morgan fingerprint density at radius 1 is 0.862 bits per heavy atom. The normalized spacial score (nSPS) is 10.8. The van der Waals surface area contributed by atoms with Crippen molar-refractivity contribution >= 4 is 5.97 Å². The molecule has 0 radical (unpaired) electrons. The summed E-state index contributed by atoms with van der Waals surface area (Å²) in [6.45, 7) is 0. The average Bonchev–Trinajstić information content (AvgIpc) is 3.24. The van der Waals surface area contributed by atoms with Gasteiger partial charge in [-0.2, -0.15) is 0 Å². The molecule has 5 nitrogen and oxygen atoms in total. The monoisotopic (exact) mass is 384 g/mol. The number of oxazole rings is 1. The van der Waals surface area contributed by atoms with Gasteiger partial charge >= 0.3 is 5.97 Å². The first-order valence-corrected chi connectivity index (χ1v) is 9.49. The van der Waals surface area contributed by atoms with Gasteiger partial charge in [0.1, 0.15) is 11.4 Å². The Kier molecular flexibility index (Phi) is 5.47. The SMILES string of the molecule is O=C(O)c1cccc(-c2cnc(CCCc3ccc(-c4ccccc4)cc3)o2)n1. The number of hydrogen-bond acceptors (Lipinski definition) is 4. The van der Waals surface area contributed by atoms with Crippen molar-refractivity contribution in [3.8, 4) is 22.6 Å². The number of aromatic nitrogens is 2. The number of benzene rings is 2. The Hall–Kier alpha value is -3.73. The van der Waals surface area contributed by atoms with Crippen molar-refractivity contribution in [1.82, 2.24) is 9.97 Å². The van der Waals surface area contributed by atoms with Crippen LogP contribution in [0.4, 0.5) is 0 Å². The van der Waals surface area contributed by atoms with Crippen LogP contribution in [0.1, 0.15) is 28.4 Å². The van der Waals surface area contributed by atoms with E-state index in [-0.39, 0.29) is 5.69 Å². The van der Waals surface area contributed by atoms with Gasteiger partial charge in [0.05, 0.1) is 6.20 Å². The summed E-state index contributed by atoms with van der Waals surface area (Å²) >= 11 is 0. The molecule has 0 fully saturated rings. The number of nitrogens with zero attached hydrogens (tertiary/aromatic N) is 2. The molecular weight excluding hydrogens is 364 g/mol. The van der Waals surface area contributed by atoms with Crippen LogP contribution in [0.3, 0.4) is 0 Å². The molecule has 0 unspecified atom stereocenters. The molecule has 0 atom stereocenters. The van der Waals surface area contributed by atoms with E-state index in [4.69, 9.17) is 9.52 Å². The molecule has 0 aliphatic carbocycles. The van der Waals surface area contributed by atoms with Crippen LogP contribution in [0.25, 0.3) is 22.6 Å². The van der Waals surface area contributed by atoms with Crippen molar-refractivity contribution in [2.45, 2.75) is 19.3 Å². The summed E-state index contributed by atoms with van der Waals surface area (Å²) in [6, 6.07) is 23.7. The Morgan fingerprint density at radius 2 is 1.62 bits per heavy atom.